The standard InChI is InChI=1S/C19H30O/c1-18-10-3-2-5-14(18)7-8-15-16(18)9-12-19(13-20)11-4-6-17(15)19/h7,15-17,20H,2-6,8-13H2,1H3/t15-,16+,17+,18+,19+/m1/s1. The second kappa shape index (κ2) is 4.60. The normalized spacial score (nSPS) is 50.9. The molecule has 1 nitrogen and oxygen atoms in total. The first-order valence-electron chi connectivity index (χ1n) is 9.00. The van der Waals surface area contributed by atoms with E-state index in [1.54, 1.807) is 5.57 Å². The minimum Gasteiger partial charge on any atom is -0.396 e. The molecule has 3 fully saturated rings. The van der Waals surface area contributed by atoms with Crippen LogP contribution in [0.3, 0.4) is 0 Å². The van der Waals surface area contributed by atoms with Gasteiger partial charge in [-0.2, -0.15) is 0 Å². The Labute approximate surface area is 123 Å². The zero-order valence-corrected chi connectivity index (χ0v) is 13.0. The van der Waals surface area contributed by atoms with E-state index in [9.17, 15) is 5.11 Å². The lowest BCUT2D eigenvalue weighted by atomic mass is 9.48. The molecule has 0 unspecified atom stereocenters. The van der Waals surface area contributed by atoms with Crippen LogP contribution < -0.4 is 0 Å². The lowest BCUT2D eigenvalue weighted by Crippen LogP contribution is -2.50. The summed E-state index contributed by atoms with van der Waals surface area (Å²) in [6.45, 7) is 3.03. The van der Waals surface area contributed by atoms with Gasteiger partial charge in [-0.1, -0.05) is 31.4 Å². The van der Waals surface area contributed by atoms with Gasteiger partial charge in [0.15, 0.2) is 0 Å². The van der Waals surface area contributed by atoms with Crippen LogP contribution in [0.5, 0.6) is 0 Å². The second-order valence-electron chi connectivity index (χ2n) is 8.42. The maximum absolute atomic E-state index is 10.0. The lowest BCUT2D eigenvalue weighted by Gasteiger charge is -2.57. The van der Waals surface area contributed by atoms with E-state index < -0.39 is 0 Å². The molecule has 0 spiro atoms. The van der Waals surface area contributed by atoms with Crippen LogP contribution in [0.4, 0.5) is 0 Å². The van der Waals surface area contributed by atoms with Gasteiger partial charge in [-0.25, -0.2) is 0 Å². The average Bonchev–Trinajstić information content (AvgIpc) is 2.91. The van der Waals surface area contributed by atoms with Crippen LogP contribution in [0, 0.1) is 28.6 Å². The molecule has 1 heteroatoms. The van der Waals surface area contributed by atoms with E-state index in [0.717, 1.165) is 17.8 Å². The number of aliphatic hydroxyl groups is 1. The highest BCUT2D eigenvalue weighted by atomic mass is 16.3. The summed E-state index contributed by atoms with van der Waals surface area (Å²) >= 11 is 0. The van der Waals surface area contributed by atoms with Gasteiger partial charge in [0.05, 0.1) is 0 Å². The molecule has 0 radical (unpaired) electrons. The summed E-state index contributed by atoms with van der Waals surface area (Å²) in [6.07, 6.45) is 16.3. The summed E-state index contributed by atoms with van der Waals surface area (Å²) in [5, 5.41) is 10.0. The zero-order valence-electron chi connectivity index (χ0n) is 13.0. The molecule has 4 aliphatic rings. The fraction of sp³-hybridized carbons (Fsp3) is 0.895. The number of fused-ring (bicyclic) bond motifs is 5. The van der Waals surface area contributed by atoms with Gasteiger partial charge in [-0.3, -0.25) is 0 Å². The molecule has 0 heterocycles. The first-order valence-corrected chi connectivity index (χ1v) is 9.00. The molecular formula is C19H30O. The van der Waals surface area contributed by atoms with Crippen molar-refractivity contribution in [3.05, 3.63) is 11.6 Å². The van der Waals surface area contributed by atoms with E-state index in [0.29, 0.717) is 17.4 Å². The maximum atomic E-state index is 10.0. The maximum Gasteiger partial charge on any atom is 0.0490 e. The van der Waals surface area contributed by atoms with Gasteiger partial charge < -0.3 is 5.11 Å². The number of allylic oxidation sites excluding steroid dienone is 2. The Morgan fingerprint density at radius 1 is 1.10 bits per heavy atom. The highest BCUT2D eigenvalue weighted by molar-refractivity contribution is 5.24. The van der Waals surface area contributed by atoms with E-state index in [-0.39, 0.29) is 0 Å². The largest absolute Gasteiger partial charge is 0.396 e. The van der Waals surface area contributed by atoms with Gasteiger partial charge in [0.1, 0.15) is 0 Å². The Morgan fingerprint density at radius 2 is 2.00 bits per heavy atom. The van der Waals surface area contributed by atoms with E-state index in [1.165, 1.54) is 64.2 Å². The minimum absolute atomic E-state index is 0.317. The number of aliphatic hydroxyl groups excluding tert-OH is 1. The molecule has 112 valence electrons. The van der Waals surface area contributed by atoms with E-state index >= 15 is 0 Å². The van der Waals surface area contributed by atoms with Crippen molar-refractivity contribution in [2.45, 2.75) is 71.1 Å². The molecule has 0 bridgehead atoms. The van der Waals surface area contributed by atoms with Crippen LogP contribution in [-0.4, -0.2) is 11.7 Å². The molecule has 0 aromatic rings. The summed E-state index contributed by atoms with van der Waals surface area (Å²) in [6, 6.07) is 0. The first kappa shape index (κ1) is 13.4. The minimum atomic E-state index is 0.317. The first-order chi connectivity index (χ1) is 9.70. The van der Waals surface area contributed by atoms with Gasteiger partial charge in [0.25, 0.3) is 0 Å². The average molecular weight is 274 g/mol. The predicted molar refractivity (Wildman–Crippen MR) is 82.3 cm³/mol. The zero-order chi connectivity index (χ0) is 13.8. The molecule has 5 atom stereocenters. The predicted octanol–water partition coefficient (Wildman–Crippen LogP) is 4.70. The van der Waals surface area contributed by atoms with Crippen molar-refractivity contribution in [1.29, 1.82) is 0 Å². The van der Waals surface area contributed by atoms with Gasteiger partial charge in [-0.05, 0) is 80.0 Å². The fourth-order valence-corrected chi connectivity index (χ4v) is 6.77. The summed E-state index contributed by atoms with van der Waals surface area (Å²) in [4.78, 5) is 0. The Balaban J connectivity index is 1.69. The molecule has 0 aliphatic heterocycles. The quantitative estimate of drug-likeness (QED) is 0.687. The molecule has 4 aliphatic carbocycles. The summed E-state index contributed by atoms with van der Waals surface area (Å²) in [5.74, 6) is 2.62. The van der Waals surface area contributed by atoms with Crippen molar-refractivity contribution >= 4 is 0 Å². The van der Waals surface area contributed by atoms with Crippen LogP contribution in [0.15, 0.2) is 11.6 Å². The van der Waals surface area contributed by atoms with Gasteiger partial charge >= 0.3 is 0 Å². The second-order valence-corrected chi connectivity index (χ2v) is 8.42. The SMILES string of the molecule is C[C@]12CCCCC1=CC[C@H]1[C@@H]3CCC[C@@]3(CO)CC[C@@H]12. The molecule has 1 N–H and O–H groups in total. The highest BCUT2D eigenvalue weighted by Crippen LogP contribution is 2.64. The van der Waals surface area contributed by atoms with Crippen LogP contribution in [0.2, 0.25) is 0 Å². The number of hydrogen-bond acceptors (Lipinski definition) is 1. The van der Waals surface area contributed by atoms with Crippen molar-refractivity contribution in [3.63, 3.8) is 0 Å². The van der Waals surface area contributed by atoms with Gasteiger partial charge in [-0.15, -0.1) is 0 Å². The number of rotatable bonds is 1. The van der Waals surface area contributed by atoms with Crippen LogP contribution in [0.25, 0.3) is 0 Å². The molecular weight excluding hydrogens is 244 g/mol. The third-order valence-corrected chi connectivity index (χ3v) is 7.86. The Morgan fingerprint density at radius 3 is 2.85 bits per heavy atom. The molecule has 0 aromatic heterocycles. The van der Waals surface area contributed by atoms with Crippen molar-refractivity contribution in [2.75, 3.05) is 6.61 Å². The summed E-state index contributed by atoms with van der Waals surface area (Å²) in [7, 11) is 0. The van der Waals surface area contributed by atoms with Crippen molar-refractivity contribution in [2.24, 2.45) is 28.6 Å². The highest BCUT2D eigenvalue weighted by Gasteiger charge is 2.56. The van der Waals surface area contributed by atoms with E-state index in [2.05, 4.69) is 13.0 Å². The smallest absolute Gasteiger partial charge is 0.0490 e. The Kier molecular flexibility index (Phi) is 3.07. The third-order valence-electron chi connectivity index (χ3n) is 7.86. The molecule has 20 heavy (non-hydrogen) atoms. The van der Waals surface area contributed by atoms with Crippen LogP contribution >= 0.6 is 0 Å². The van der Waals surface area contributed by atoms with Crippen LogP contribution in [0.1, 0.15) is 71.1 Å². The monoisotopic (exact) mass is 274 g/mol. The Hall–Kier alpha value is -0.300. The van der Waals surface area contributed by atoms with Crippen molar-refractivity contribution in [1.82, 2.24) is 0 Å². The van der Waals surface area contributed by atoms with Crippen molar-refractivity contribution < 1.29 is 5.11 Å². The van der Waals surface area contributed by atoms with E-state index in [4.69, 9.17) is 0 Å². The summed E-state index contributed by atoms with van der Waals surface area (Å²) < 4.78 is 0. The summed E-state index contributed by atoms with van der Waals surface area (Å²) in [5.41, 5.74) is 2.64. The molecule has 0 saturated heterocycles. The Bertz CT molecular complexity index is 425. The van der Waals surface area contributed by atoms with Crippen LogP contribution in [-0.2, 0) is 0 Å². The molecule has 4 rings (SSSR count). The fourth-order valence-electron chi connectivity index (χ4n) is 6.77. The molecule has 3 saturated carbocycles. The number of hydrogen-bond donors (Lipinski definition) is 1. The van der Waals surface area contributed by atoms with Gasteiger partial charge in [0.2, 0.25) is 0 Å². The molecule has 0 aromatic carbocycles. The van der Waals surface area contributed by atoms with Crippen molar-refractivity contribution in [3.8, 4) is 0 Å². The molecule has 0 amide bonds. The van der Waals surface area contributed by atoms with E-state index in [1.807, 2.05) is 0 Å². The lowest BCUT2D eigenvalue weighted by molar-refractivity contribution is -0.0571. The third kappa shape index (κ3) is 1.65. The topological polar surface area (TPSA) is 20.2 Å². The van der Waals surface area contributed by atoms with Gasteiger partial charge in [0, 0.05) is 6.61 Å².